The van der Waals surface area contributed by atoms with E-state index >= 15 is 0 Å². The summed E-state index contributed by atoms with van der Waals surface area (Å²) in [5.74, 6) is -0.0389. The first-order valence-corrected chi connectivity index (χ1v) is 9.46. The van der Waals surface area contributed by atoms with E-state index in [1.54, 1.807) is 17.0 Å². The van der Waals surface area contributed by atoms with Crippen molar-refractivity contribution >= 4 is 28.9 Å². The maximum absolute atomic E-state index is 12.5. The predicted octanol–water partition coefficient (Wildman–Crippen LogP) is 1.80. The number of benzene rings is 2. The Bertz CT molecular complexity index is 860. The molecule has 1 fully saturated rings. The van der Waals surface area contributed by atoms with Crippen LogP contribution in [0.1, 0.15) is 0 Å². The van der Waals surface area contributed by atoms with Crippen molar-refractivity contribution in [1.29, 1.82) is 0 Å². The number of amides is 1. The van der Waals surface area contributed by atoms with Crippen LogP contribution in [0.25, 0.3) is 0 Å². The first kappa shape index (κ1) is 18.3. The molecule has 28 heavy (non-hydrogen) atoms. The second-order valence-electron chi connectivity index (χ2n) is 7.18. The highest BCUT2D eigenvalue weighted by molar-refractivity contribution is 5.96. The van der Waals surface area contributed by atoms with Gasteiger partial charge < -0.3 is 24.8 Å². The summed E-state index contributed by atoms with van der Waals surface area (Å²) < 4.78 is 5.22. The van der Waals surface area contributed by atoms with E-state index in [0.717, 1.165) is 37.6 Å². The number of fused-ring (bicyclic) bond motifs is 1. The normalized spacial score (nSPS) is 17.1. The van der Waals surface area contributed by atoms with Crippen molar-refractivity contribution in [2.45, 2.75) is 0 Å². The molecule has 2 heterocycles. The van der Waals surface area contributed by atoms with Crippen molar-refractivity contribution in [2.75, 3.05) is 61.4 Å². The molecule has 2 aromatic carbocycles. The average molecular weight is 380 g/mol. The Hall–Kier alpha value is -3.06. The van der Waals surface area contributed by atoms with Crippen molar-refractivity contribution in [3.8, 4) is 5.75 Å². The number of nitrogens with one attached hydrogen (secondary N) is 1. The summed E-state index contributed by atoms with van der Waals surface area (Å²) in [5, 5.41) is 2.91. The highest BCUT2D eigenvalue weighted by atomic mass is 16.5. The number of rotatable bonds is 4. The van der Waals surface area contributed by atoms with Gasteiger partial charge in [0, 0.05) is 37.6 Å². The van der Waals surface area contributed by atoms with Gasteiger partial charge in [0.05, 0.1) is 12.2 Å². The van der Waals surface area contributed by atoms with Crippen LogP contribution in [0.5, 0.6) is 5.75 Å². The lowest BCUT2D eigenvalue weighted by Crippen LogP contribution is -2.44. The number of likely N-dealkylation sites (N-methyl/N-ethyl adjacent to an activating group) is 1. The van der Waals surface area contributed by atoms with Crippen molar-refractivity contribution < 1.29 is 14.3 Å². The minimum Gasteiger partial charge on any atom is -0.423 e. The van der Waals surface area contributed by atoms with Gasteiger partial charge in [-0.1, -0.05) is 12.1 Å². The fourth-order valence-electron chi connectivity index (χ4n) is 3.54. The standard InChI is InChI=1S/C21H24N4O3/c1-23-10-12-24(13-11-23)17-8-6-16(7-9-17)22-20(26)14-25-15-21(27)28-19-5-3-2-4-18(19)25/h2-9H,10-15H2,1H3,(H,22,26). The van der Waals surface area contributed by atoms with Crippen LogP contribution >= 0.6 is 0 Å². The molecule has 7 heteroatoms. The largest absolute Gasteiger partial charge is 0.423 e. The van der Waals surface area contributed by atoms with Gasteiger partial charge in [-0.3, -0.25) is 4.79 Å². The molecule has 0 aromatic heterocycles. The second kappa shape index (κ2) is 7.90. The molecule has 0 saturated carbocycles. The molecular weight excluding hydrogens is 356 g/mol. The Balaban J connectivity index is 1.37. The first-order valence-electron chi connectivity index (χ1n) is 9.46. The topological polar surface area (TPSA) is 65.1 Å². The SMILES string of the molecule is CN1CCN(c2ccc(NC(=O)CN3CC(=O)Oc4ccccc43)cc2)CC1. The van der Waals surface area contributed by atoms with Gasteiger partial charge in [0.1, 0.15) is 6.54 Å². The molecular formula is C21H24N4O3. The lowest BCUT2D eigenvalue weighted by atomic mass is 10.2. The van der Waals surface area contributed by atoms with E-state index < -0.39 is 0 Å². The number of piperazine rings is 1. The van der Waals surface area contributed by atoms with Gasteiger partial charge in [-0.2, -0.15) is 0 Å². The highest BCUT2D eigenvalue weighted by Crippen LogP contribution is 2.31. The molecule has 7 nitrogen and oxygen atoms in total. The van der Waals surface area contributed by atoms with Gasteiger partial charge in [-0.05, 0) is 43.4 Å². The third kappa shape index (κ3) is 4.09. The molecule has 1 amide bonds. The molecule has 1 saturated heterocycles. The van der Waals surface area contributed by atoms with Crippen molar-refractivity contribution in [1.82, 2.24) is 4.90 Å². The summed E-state index contributed by atoms with van der Waals surface area (Å²) in [6, 6.07) is 15.2. The average Bonchev–Trinajstić information content (AvgIpc) is 2.69. The fraction of sp³-hybridized carbons (Fsp3) is 0.333. The zero-order chi connectivity index (χ0) is 19.5. The van der Waals surface area contributed by atoms with Gasteiger partial charge in [0.25, 0.3) is 0 Å². The third-order valence-corrected chi connectivity index (χ3v) is 5.10. The first-order chi connectivity index (χ1) is 13.6. The van der Waals surface area contributed by atoms with Crippen LogP contribution in [0.15, 0.2) is 48.5 Å². The number of hydrogen-bond acceptors (Lipinski definition) is 6. The van der Waals surface area contributed by atoms with Gasteiger partial charge in [0.15, 0.2) is 5.75 Å². The lowest BCUT2D eigenvalue weighted by molar-refractivity contribution is -0.133. The highest BCUT2D eigenvalue weighted by Gasteiger charge is 2.25. The Kier molecular flexibility index (Phi) is 5.16. The number of hydrogen-bond donors (Lipinski definition) is 1. The van der Waals surface area contributed by atoms with E-state index in [1.165, 1.54) is 5.69 Å². The van der Waals surface area contributed by atoms with Crippen LogP contribution < -0.4 is 19.9 Å². The van der Waals surface area contributed by atoms with Gasteiger partial charge in [0.2, 0.25) is 5.91 Å². The summed E-state index contributed by atoms with van der Waals surface area (Å²) in [5.41, 5.74) is 2.66. The molecule has 0 radical (unpaired) electrons. The van der Waals surface area contributed by atoms with E-state index in [4.69, 9.17) is 4.74 Å². The van der Waals surface area contributed by atoms with E-state index in [1.807, 2.05) is 36.4 Å². The van der Waals surface area contributed by atoms with Crippen LogP contribution in [0.4, 0.5) is 17.1 Å². The van der Waals surface area contributed by atoms with Crippen molar-refractivity contribution in [3.63, 3.8) is 0 Å². The summed E-state index contributed by atoms with van der Waals surface area (Å²) in [4.78, 5) is 30.7. The number of carbonyl (C=O) groups is 2. The van der Waals surface area contributed by atoms with Crippen LogP contribution in [-0.2, 0) is 9.59 Å². The van der Waals surface area contributed by atoms with Crippen molar-refractivity contribution in [2.24, 2.45) is 0 Å². The zero-order valence-corrected chi connectivity index (χ0v) is 15.9. The molecule has 4 rings (SSSR count). The van der Waals surface area contributed by atoms with Crippen molar-refractivity contribution in [3.05, 3.63) is 48.5 Å². The maximum Gasteiger partial charge on any atom is 0.331 e. The summed E-state index contributed by atoms with van der Waals surface area (Å²) in [6.07, 6.45) is 0. The molecule has 0 unspecified atom stereocenters. The van der Waals surface area contributed by atoms with E-state index in [2.05, 4.69) is 22.2 Å². The summed E-state index contributed by atoms with van der Waals surface area (Å²) >= 11 is 0. The van der Waals surface area contributed by atoms with Crippen LogP contribution in [0.2, 0.25) is 0 Å². The number of carbonyl (C=O) groups excluding carboxylic acids is 2. The number of nitrogens with zero attached hydrogens (tertiary/aromatic N) is 3. The molecule has 0 atom stereocenters. The Morgan fingerprint density at radius 1 is 1.04 bits per heavy atom. The molecule has 2 aliphatic heterocycles. The van der Waals surface area contributed by atoms with E-state index in [9.17, 15) is 9.59 Å². The quantitative estimate of drug-likeness (QED) is 0.645. The summed E-state index contributed by atoms with van der Waals surface area (Å²) in [7, 11) is 2.14. The molecule has 146 valence electrons. The second-order valence-corrected chi connectivity index (χ2v) is 7.18. The Morgan fingerprint density at radius 3 is 2.50 bits per heavy atom. The molecule has 0 aliphatic carbocycles. The predicted molar refractivity (Wildman–Crippen MR) is 109 cm³/mol. The third-order valence-electron chi connectivity index (χ3n) is 5.10. The number of anilines is 3. The molecule has 2 aromatic rings. The molecule has 2 aliphatic rings. The molecule has 1 N–H and O–H groups in total. The maximum atomic E-state index is 12.5. The van der Waals surface area contributed by atoms with Gasteiger partial charge in [-0.15, -0.1) is 0 Å². The van der Waals surface area contributed by atoms with E-state index in [-0.39, 0.29) is 25.0 Å². The number of ether oxygens (including phenoxy) is 1. The Labute approximate surface area is 164 Å². The van der Waals surface area contributed by atoms with E-state index in [0.29, 0.717) is 5.75 Å². The van der Waals surface area contributed by atoms with Gasteiger partial charge in [-0.25, -0.2) is 4.79 Å². The zero-order valence-electron chi connectivity index (χ0n) is 15.9. The number of esters is 1. The fourth-order valence-corrected chi connectivity index (χ4v) is 3.54. The monoisotopic (exact) mass is 380 g/mol. The van der Waals surface area contributed by atoms with Crippen LogP contribution in [-0.4, -0.2) is 63.1 Å². The smallest absolute Gasteiger partial charge is 0.331 e. The minimum atomic E-state index is -0.358. The molecule has 0 spiro atoms. The van der Waals surface area contributed by atoms with Crippen LogP contribution in [0.3, 0.4) is 0 Å². The number of para-hydroxylation sites is 2. The molecule has 0 bridgehead atoms. The minimum absolute atomic E-state index is 0.0623. The lowest BCUT2D eigenvalue weighted by Gasteiger charge is -2.34. The van der Waals surface area contributed by atoms with Crippen LogP contribution in [0, 0.1) is 0 Å². The summed E-state index contributed by atoms with van der Waals surface area (Å²) in [6.45, 7) is 4.27. The van der Waals surface area contributed by atoms with Gasteiger partial charge >= 0.3 is 5.97 Å². The Morgan fingerprint density at radius 2 is 1.75 bits per heavy atom.